The second-order valence-electron chi connectivity index (χ2n) is 4.23. The van der Waals surface area contributed by atoms with Gasteiger partial charge in [0.25, 0.3) is 0 Å². The Morgan fingerprint density at radius 3 is 1.86 bits per heavy atom. The van der Waals surface area contributed by atoms with Crippen LogP contribution in [0.3, 0.4) is 0 Å². The van der Waals surface area contributed by atoms with Crippen LogP contribution in [-0.2, 0) is 12.4 Å². The second-order valence-corrected chi connectivity index (χ2v) is 4.23. The first-order valence-electron chi connectivity index (χ1n) is 5.67. The molecule has 0 saturated heterocycles. The van der Waals surface area contributed by atoms with Crippen molar-refractivity contribution in [3.63, 3.8) is 0 Å². The van der Waals surface area contributed by atoms with E-state index < -0.39 is 46.2 Å². The van der Waals surface area contributed by atoms with Gasteiger partial charge in [0, 0.05) is 11.1 Å². The van der Waals surface area contributed by atoms with Gasteiger partial charge in [-0.2, -0.15) is 26.3 Å². The van der Waals surface area contributed by atoms with Crippen LogP contribution in [0.1, 0.15) is 11.1 Å². The van der Waals surface area contributed by atoms with Crippen molar-refractivity contribution in [2.24, 2.45) is 0 Å². The van der Waals surface area contributed by atoms with Gasteiger partial charge in [0.2, 0.25) is 0 Å². The Balaban J connectivity index is 2.90. The summed E-state index contributed by atoms with van der Waals surface area (Å²) < 4.78 is 105. The molecule has 2 aromatic rings. The molecule has 0 aliphatic rings. The van der Waals surface area contributed by atoms with Gasteiger partial charge < -0.3 is 0 Å². The summed E-state index contributed by atoms with van der Waals surface area (Å²) >= 11 is 0. The first-order valence-corrected chi connectivity index (χ1v) is 5.67. The quantitative estimate of drug-likeness (QED) is 0.610. The molecule has 0 N–H and O–H groups in total. The van der Waals surface area contributed by atoms with Crippen LogP contribution in [0.5, 0.6) is 0 Å². The van der Waals surface area contributed by atoms with E-state index in [0.29, 0.717) is 30.3 Å². The minimum absolute atomic E-state index is 0.380. The second kappa shape index (κ2) is 5.26. The number of rotatable bonds is 1. The molecule has 2 aromatic carbocycles. The van der Waals surface area contributed by atoms with Crippen LogP contribution in [0.2, 0.25) is 0 Å². The van der Waals surface area contributed by atoms with E-state index in [0.717, 1.165) is 0 Å². The first-order chi connectivity index (χ1) is 10.0. The maximum absolute atomic E-state index is 13.8. The molecule has 0 unspecified atom stereocenters. The summed E-state index contributed by atoms with van der Waals surface area (Å²) in [6.45, 7) is 0. The zero-order chi connectivity index (χ0) is 16.7. The molecule has 0 aliphatic heterocycles. The standard InChI is InChI=1S/C14H5F8/c15-9-5-1-3-7(13(17,18)19)11(9)12-8(14(20,21)22)4-2-6-10(12)16/h1-3,5-6H. The Labute approximate surface area is 119 Å². The van der Waals surface area contributed by atoms with Gasteiger partial charge in [0.05, 0.1) is 11.1 Å². The molecule has 0 aliphatic carbocycles. The first kappa shape index (κ1) is 16.3. The van der Waals surface area contributed by atoms with Gasteiger partial charge in [-0.15, -0.1) is 0 Å². The van der Waals surface area contributed by atoms with Crippen LogP contribution < -0.4 is 0 Å². The highest BCUT2D eigenvalue weighted by Crippen LogP contribution is 2.44. The molecular formula is C14H5F8. The van der Waals surface area contributed by atoms with Crippen molar-refractivity contribution < 1.29 is 35.1 Å². The summed E-state index contributed by atoms with van der Waals surface area (Å²) in [6, 6.07) is 4.26. The smallest absolute Gasteiger partial charge is 0.206 e. The fourth-order valence-corrected chi connectivity index (χ4v) is 1.96. The predicted octanol–water partition coefficient (Wildman–Crippen LogP) is 5.47. The lowest BCUT2D eigenvalue weighted by atomic mass is 9.93. The highest BCUT2D eigenvalue weighted by atomic mass is 19.4. The minimum atomic E-state index is -5.19. The van der Waals surface area contributed by atoms with Crippen molar-refractivity contribution in [2.45, 2.75) is 12.4 Å². The largest absolute Gasteiger partial charge is 0.417 e. The Morgan fingerprint density at radius 1 is 0.727 bits per heavy atom. The molecule has 0 bridgehead atoms. The number of benzene rings is 2. The Hall–Kier alpha value is -2.12. The molecule has 0 aromatic heterocycles. The molecule has 8 heteroatoms. The molecule has 0 saturated carbocycles. The number of hydrogen-bond donors (Lipinski definition) is 0. The van der Waals surface area contributed by atoms with Crippen molar-refractivity contribution in [2.75, 3.05) is 0 Å². The van der Waals surface area contributed by atoms with Gasteiger partial charge in [0.1, 0.15) is 11.6 Å². The van der Waals surface area contributed by atoms with Crippen LogP contribution in [0.25, 0.3) is 11.1 Å². The number of hydrogen-bond acceptors (Lipinski definition) is 0. The van der Waals surface area contributed by atoms with E-state index in [1.807, 2.05) is 0 Å². The van der Waals surface area contributed by atoms with E-state index in [1.165, 1.54) is 0 Å². The zero-order valence-corrected chi connectivity index (χ0v) is 10.4. The average molecular weight is 325 g/mol. The number of alkyl halides is 6. The average Bonchev–Trinajstić information content (AvgIpc) is 2.36. The van der Waals surface area contributed by atoms with E-state index in [2.05, 4.69) is 0 Å². The van der Waals surface area contributed by atoms with Crippen LogP contribution >= 0.6 is 0 Å². The van der Waals surface area contributed by atoms with E-state index in [1.54, 1.807) is 6.07 Å². The molecule has 0 nitrogen and oxygen atoms in total. The van der Waals surface area contributed by atoms with E-state index >= 15 is 0 Å². The molecule has 0 atom stereocenters. The lowest BCUT2D eigenvalue weighted by molar-refractivity contribution is -0.139. The third-order valence-electron chi connectivity index (χ3n) is 2.80. The summed E-state index contributed by atoms with van der Waals surface area (Å²) in [5.74, 6) is -3.24. The summed E-state index contributed by atoms with van der Waals surface area (Å²) in [4.78, 5) is 0. The van der Waals surface area contributed by atoms with Crippen LogP contribution in [0.4, 0.5) is 35.1 Å². The predicted molar refractivity (Wildman–Crippen MR) is 60.6 cm³/mol. The van der Waals surface area contributed by atoms with E-state index in [9.17, 15) is 35.1 Å². The van der Waals surface area contributed by atoms with Gasteiger partial charge in [-0.3, -0.25) is 0 Å². The normalized spacial score (nSPS) is 12.5. The Bertz CT molecular complexity index is 635. The van der Waals surface area contributed by atoms with Gasteiger partial charge in [-0.1, -0.05) is 12.1 Å². The highest BCUT2D eigenvalue weighted by molar-refractivity contribution is 5.73. The summed E-state index contributed by atoms with van der Waals surface area (Å²) in [5.41, 5.74) is -6.50. The zero-order valence-electron chi connectivity index (χ0n) is 10.4. The van der Waals surface area contributed by atoms with Crippen molar-refractivity contribution in [3.05, 3.63) is 59.2 Å². The number of halogens is 8. The Morgan fingerprint density at radius 2 is 1.32 bits per heavy atom. The van der Waals surface area contributed by atoms with Crippen LogP contribution in [0.15, 0.2) is 30.3 Å². The maximum Gasteiger partial charge on any atom is 0.417 e. The van der Waals surface area contributed by atoms with Gasteiger partial charge >= 0.3 is 12.4 Å². The van der Waals surface area contributed by atoms with Gasteiger partial charge in [-0.05, 0) is 24.3 Å². The van der Waals surface area contributed by atoms with Gasteiger partial charge in [-0.25, -0.2) is 8.78 Å². The lowest BCUT2D eigenvalue weighted by Gasteiger charge is -2.18. The van der Waals surface area contributed by atoms with Crippen LogP contribution in [-0.4, -0.2) is 0 Å². The molecule has 0 amide bonds. The topological polar surface area (TPSA) is 0 Å². The molecule has 0 heterocycles. The highest BCUT2D eigenvalue weighted by Gasteiger charge is 2.40. The summed E-state index contributed by atoms with van der Waals surface area (Å²) in [7, 11) is 0. The fourth-order valence-electron chi connectivity index (χ4n) is 1.96. The van der Waals surface area contributed by atoms with Crippen molar-refractivity contribution >= 4 is 0 Å². The fraction of sp³-hybridized carbons (Fsp3) is 0.143. The molecule has 2 rings (SSSR count). The van der Waals surface area contributed by atoms with Crippen LogP contribution in [0, 0.1) is 17.7 Å². The monoisotopic (exact) mass is 325 g/mol. The maximum atomic E-state index is 13.8. The minimum Gasteiger partial charge on any atom is -0.206 e. The SMILES string of the molecule is Fc1cc[c]c(C(F)(F)F)c1-c1c(F)cccc1C(F)(F)F. The third-order valence-corrected chi connectivity index (χ3v) is 2.80. The van der Waals surface area contributed by atoms with Crippen molar-refractivity contribution in [3.8, 4) is 11.1 Å². The lowest BCUT2D eigenvalue weighted by Crippen LogP contribution is -2.13. The molecular weight excluding hydrogens is 320 g/mol. The van der Waals surface area contributed by atoms with Crippen molar-refractivity contribution in [1.29, 1.82) is 0 Å². The Kier molecular flexibility index (Phi) is 3.88. The van der Waals surface area contributed by atoms with Crippen molar-refractivity contribution in [1.82, 2.24) is 0 Å². The molecule has 0 spiro atoms. The third kappa shape index (κ3) is 2.90. The molecule has 117 valence electrons. The van der Waals surface area contributed by atoms with Gasteiger partial charge in [0.15, 0.2) is 0 Å². The molecule has 0 fully saturated rings. The summed E-state index contributed by atoms with van der Waals surface area (Å²) in [5, 5.41) is 0. The van der Waals surface area contributed by atoms with E-state index in [-0.39, 0.29) is 0 Å². The summed E-state index contributed by atoms with van der Waals surface area (Å²) in [6.07, 6.45) is -10.3. The van der Waals surface area contributed by atoms with E-state index in [4.69, 9.17) is 0 Å². The molecule has 22 heavy (non-hydrogen) atoms. The molecule has 1 radical (unpaired) electrons.